The van der Waals surface area contributed by atoms with Crippen LogP contribution in [0.2, 0.25) is 0 Å². The Morgan fingerprint density at radius 3 is 2.68 bits per heavy atom. The smallest absolute Gasteiger partial charge is 0.251 e. The number of piperazine rings is 1. The van der Waals surface area contributed by atoms with Gasteiger partial charge in [0.25, 0.3) is 5.91 Å². The van der Waals surface area contributed by atoms with E-state index in [1.54, 1.807) is 11.3 Å². The molecular formula is C24H30N4O2S. The van der Waals surface area contributed by atoms with Gasteiger partial charge in [0.15, 0.2) is 5.13 Å². The molecule has 1 aliphatic rings. The molecule has 6 nitrogen and oxygen atoms in total. The lowest BCUT2D eigenvalue weighted by Crippen LogP contribution is -2.48. The number of thiazole rings is 1. The van der Waals surface area contributed by atoms with Crippen LogP contribution in [-0.2, 0) is 0 Å². The van der Waals surface area contributed by atoms with Gasteiger partial charge in [-0.05, 0) is 50.6 Å². The molecule has 1 aromatic heterocycles. The number of nitrogens with one attached hydrogen (secondary N) is 1. The van der Waals surface area contributed by atoms with Gasteiger partial charge in [-0.25, -0.2) is 4.98 Å². The number of fused-ring (bicyclic) bond motifs is 1. The van der Waals surface area contributed by atoms with Gasteiger partial charge in [0.2, 0.25) is 0 Å². The van der Waals surface area contributed by atoms with Crippen molar-refractivity contribution in [1.82, 2.24) is 15.2 Å². The van der Waals surface area contributed by atoms with Crippen LogP contribution in [0, 0.1) is 13.8 Å². The van der Waals surface area contributed by atoms with E-state index in [1.165, 1.54) is 5.56 Å². The van der Waals surface area contributed by atoms with E-state index in [2.05, 4.69) is 21.2 Å². The number of benzene rings is 2. The van der Waals surface area contributed by atoms with E-state index in [0.29, 0.717) is 13.2 Å². The first-order valence-corrected chi connectivity index (χ1v) is 11.7. The first kappa shape index (κ1) is 21.6. The Bertz CT molecular complexity index is 1060. The molecule has 1 N–H and O–H groups in total. The maximum atomic E-state index is 12.5. The Morgan fingerprint density at radius 2 is 1.94 bits per heavy atom. The number of aryl methyl sites for hydroxylation is 2. The van der Waals surface area contributed by atoms with Crippen molar-refractivity contribution in [3.05, 3.63) is 53.1 Å². The molecule has 2 aromatic carbocycles. The first-order chi connectivity index (χ1) is 15.0. The van der Waals surface area contributed by atoms with Gasteiger partial charge in [0, 0.05) is 44.8 Å². The van der Waals surface area contributed by atoms with E-state index >= 15 is 0 Å². The quantitative estimate of drug-likeness (QED) is 0.607. The third-order valence-electron chi connectivity index (χ3n) is 5.64. The number of ether oxygens (including phenoxy) is 1. The number of rotatable bonds is 7. The zero-order valence-electron chi connectivity index (χ0n) is 18.5. The maximum Gasteiger partial charge on any atom is 0.251 e. The predicted octanol–water partition coefficient (Wildman–Crippen LogP) is 3.86. The summed E-state index contributed by atoms with van der Waals surface area (Å²) >= 11 is 1.73. The molecule has 0 radical (unpaired) electrons. The fourth-order valence-corrected chi connectivity index (χ4v) is 4.98. The van der Waals surface area contributed by atoms with Crippen LogP contribution in [0.15, 0.2) is 36.4 Å². The molecule has 0 spiro atoms. The van der Waals surface area contributed by atoms with Gasteiger partial charge in [0.05, 0.1) is 16.8 Å². The average molecular weight is 439 g/mol. The molecule has 1 fully saturated rings. The zero-order valence-corrected chi connectivity index (χ0v) is 19.3. The van der Waals surface area contributed by atoms with Crippen molar-refractivity contribution in [2.45, 2.75) is 20.8 Å². The molecule has 1 saturated heterocycles. The Morgan fingerprint density at radius 1 is 1.13 bits per heavy atom. The summed E-state index contributed by atoms with van der Waals surface area (Å²) in [7, 11) is 0. The highest BCUT2D eigenvalue weighted by atomic mass is 32.1. The van der Waals surface area contributed by atoms with E-state index in [9.17, 15) is 4.79 Å². The number of aromatic nitrogens is 1. The van der Waals surface area contributed by atoms with Crippen molar-refractivity contribution in [3.8, 4) is 5.75 Å². The lowest BCUT2D eigenvalue weighted by atomic mass is 10.1. The number of hydrogen-bond donors (Lipinski definition) is 1. The van der Waals surface area contributed by atoms with E-state index in [4.69, 9.17) is 9.72 Å². The summed E-state index contributed by atoms with van der Waals surface area (Å²) in [4.78, 5) is 22.0. The van der Waals surface area contributed by atoms with Crippen LogP contribution < -0.4 is 15.0 Å². The number of anilines is 1. The summed E-state index contributed by atoms with van der Waals surface area (Å²) in [5.41, 5.74) is 3.99. The highest BCUT2D eigenvalue weighted by molar-refractivity contribution is 7.22. The summed E-state index contributed by atoms with van der Waals surface area (Å²) in [6.07, 6.45) is 0. The van der Waals surface area contributed by atoms with Crippen molar-refractivity contribution in [1.29, 1.82) is 0 Å². The van der Waals surface area contributed by atoms with E-state index < -0.39 is 0 Å². The number of nitrogens with zero attached hydrogens (tertiary/aromatic N) is 3. The first-order valence-electron chi connectivity index (χ1n) is 10.9. The second kappa shape index (κ2) is 9.66. The van der Waals surface area contributed by atoms with Gasteiger partial charge < -0.3 is 15.0 Å². The third kappa shape index (κ3) is 5.17. The molecule has 0 aliphatic carbocycles. The largest absolute Gasteiger partial charge is 0.494 e. The molecule has 31 heavy (non-hydrogen) atoms. The summed E-state index contributed by atoms with van der Waals surface area (Å²) in [6, 6.07) is 12.0. The van der Waals surface area contributed by atoms with Gasteiger partial charge in [0.1, 0.15) is 5.75 Å². The molecule has 0 unspecified atom stereocenters. The average Bonchev–Trinajstić information content (AvgIpc) is 3.18. The molecule has 3 aromatic rings. The topological polar surface area (TPSA) is 57.7 Å². The van der Waals surface area contributed by atoms with Crippen molar-refractivity contribution in [3.63, 3.8) is 0 Å². The van der Waals surface area contributed by atoms with Crippen LogP contribution in [0.4, 0.5) is 5.13 Å². The minimum Gasteiger partial charge on any atom is -0.494 e. The van der Waals surface area contributed by atoms with Gasteiger partial charge in [-0.15, -0.1) is 0 Å². The molecular weight excluding hydrogens is 408 g/mol. The van der Waals surface area contributed by atoms with Crippen molar-refractivity contribution >= 4 is 32.6 Å². The summed E-state index contributed by atoms with van der Waals surface area (Å²) in [6.45, 7) is 12.1. The van der Waals surface area contributed by atoms with Crippen LogP contribution in [0.3, 0.4) is 0 Å². The second-order valence-corrected chi connectivity index (χ2v) is 8.97. The number of amides is 1. The molecule has 1 amide bonds. The van der Waals surface area contributed by atoms with Crippen molar-refractivity contribution < 1.29 is 9.53 Å². The molecule has 7 heteroatoms. The predicted molar refractivity (Wildman–Crippen MR) is 128 cm³/mol. The Labute approximate surface area is 187 Å². The van der Waals surface area contributed by atoms with E-state index in [1.807, 2.05) is 51.1 Å². The standard InChI is InChI=1S/C24H30N4O2S/c1-4-30-19-6-8-21-22(16-19)31-24(26-21)28-13-11-27(12-14-28)10-9-25-23(29)20-7-5-17(2)15-18(20)3/h5-8,15-16H,4,9-14H2,1-3H3,(H,25,29). The van der Waals surface area contributed by atoms with Gasteiger partial charge in [-0.3, -0.25) is 9.69 Å². The molecule has 1 aliphatic heterocycles. The highest BCUT2D eigenvalue weighted by Gasteiger charge is 2.20. The summed E-state index contributed by atoms with van der Waals surface area (Å²) in [5.74, 6) is 0.912. The van der Waals surface area contributed by atoms with Crippen LogP contribution in [0.1, 0.15) is 28.4 Å². The highest BCUT2D eigenvalue weighted by Crippen LogP contribution is 2.31. The maximum absolute atomic E-state index is 12.5. The zero-order chi connectivity index (χ0) is 21.8. The molecule has 4 rings (SSSR count). The van der Waals surface area contributed by atoms with Crippen molar-refractivity contribution in [2.24, 2.45) is 0 Å². The van der Waals surface area contributed by atoms with Crippen LogP contribution in [0.25, 0.3) is 10.2 Å². The second-order valence-electron chi connectivity index (χ2n) is 7.96. The summed E-state index contributed by atoms with van der Waals surface area (Å²) < 4.78 is 6.77. The number of carbonyl (C=O) groups is 1. The number of hydrogen-bond acceptors (Lipinski definition) is 6. The molecule has 0 atom stereocenters. The normalized spacial score (nSPS) is 14.7. The fraction of sp³-hybridized carbons (Fsp3) is 0.417. The fourth-order valence-electron chi connectivity index (χ4n) is 3.94. The minimum absolute atomic E-state index is 0.0111. The molecule has 0 saturated carbocycles. The molecule has 2 heterocycles. The Hall–Kier alpha value is -2.64. The molecule has 164 valence electrons. The lowest BCUT2D eigenvalue weighted by Gasteiger charge is -2.34. The van der Waals surface area contributed by atoms with Gasteiger partial charge in [-0.2, -0.15) is 0 Å². The Kier molecular flexibility index (Phi) is 6.73. The summed E-state index contributed by atoms with van der Waals surface area (Å²) in [5, 5.41) is 4.14. The SMILES string of the molecule is CCOc1ccc2nc(N3CCN(CCNC(=O)c4ccc(C)cc4C)CC3)sc2c1. The van der Waals surface area contributed by atoms with E-state index in [0.717, 1.165) is 64.9 Å². The Balaban J connectivity index is 1.26. The minimum atomic E-state index is 0.0111. The monoisotopic (exact) mass is 438 g/mol. The van der Waals surface area contributed by atoms with Gasteiger partial charge >= 0.3 is 0 Å². The molecule has 0 bridgehead atoms. The van der Waals surface area contributed by atoms with Crippen molar-refractivity contribution in [2.75, 3.05) is 50.8 Å². The third-order valence-corrected chi connectivity index (χ3v) is 6.72. The van der Waals surface area contributed by atoms with Crippen LogP contribution in [-0.4, -0.2) is 61.7 Å². The van der Waals surface area contributed by atoms with Crippen LogP contribution in [0.5, 0.6) is 5.75 Å². The van der Waals surface area contributed by atoms with Gasteiger partial charge in [-0.1, -0.05) is 29.0 Å². The van der Waals surface area contributed by atoms with E-state index in [-0.39, 0.29) is 5.91 Å². The number of carbonyl (C=O) groups excluding carboxylic acids is 1. The lowest BCUT2D eigenvalue weighted by molar-refractivity contribution is 0.0947. The van der Waals surface area contributed by atoms with Crippen LogP contribution >= 0.6 is 11.3 Å².